The monoisotopic (exact) mass is 171 g/mol. The first kappa shape index (κ1) is 9.13. The molecular weight excluding hydrogens is 160 g/mol. The Morgan fingerprint density at radius 2 is 1.75 bits per heavy atom. The van der Waals surface area contributed by atoms with E-state index in [1.54, 1.807) is 30.3 Å². The maximum Gasteiger partial charge on any atom is 0.260 e. The molecule has 1 unspecified atom stereocenters. The summed E-state index contributed by atoms with van der Waals surface area (Å²) in [6, 6.07) is 8.37. The summed E-state index contributed by atoms with van der Waals surface area (Å²) in [5.41, 5.74) is 4.35. The normalized spacial score (nSPS) is 16.1. The van der Waals surface area contributed by atoms with Gasteiger partial charge in [-0.25, -0.2) is 8.78 Å². The molecule has 0 amide bonds. The Morgan fingerprint density at radius 1 is 1.25 bits per heavy atom. The second-order valence-electron chi connectivity index (χ2n) is 2.95. The highest BCUT2D eigenvalue weighted by Gasteiger charge is 2.31. The van der Waals surface area contributed by atoms with Gasteiger partial charge in [-0.15, -0.1) is 0 Å². The van der Waals surface area contributed by atoms with E-state index in [0.717, 1.165) is 0 Å². The standard InChI is InChI=1S/C9H11F2N/c1-9(12,8(10)11)7-5-3-2-4-6-7/h2-6,8H,12H2,1H3. The van der Waals surface area contributed by atoms with Crippen LogP contribution in [0, 0.1) is 0 Å². The summed E-state index contributed by atoms with van der Waals surface area (Å²) in [6.45, 7) is 1.33. The highest BCUT2D eigenvalue weighted by Crippen LogP contribution is 2.24. The van der Waals surface area contributed by atoms with Gasteiger partial charge < -0.3 is 5.73 Å². The number of rotatable bonds is 2. The lowest BCUT2D eigenvalue weighted by Crippen LogP contribution is -2.40. The molecule has 0 saturated carbocycles. The Morgan fingerprint density at radius 3 is 2.17 bits per heavy atom. The molecule has 1 aromatic rings. The number of nitrogens with two attached hydrogens (primary N) is 1. The second-order valence-corrected chi connectivity index (χ2v) is 2.95. The van der Waals surface area contributed by atoms with Crippen molar-refractivity contribution in [3.05, 3.63) is 35.9 Å². The van der Waals surface area contributed by atoms with E-state index in [1.165, 1.54) is 6.92 Å². The smallest absolute Gasteiger partial charge is 0.260 e. The molecule has 0 bridgehead atoms. The van der Waals surface area contributed by atoms with Gasteiger partial charge in [0, 0.05) is 0 Å². The fourth-order valence-corrected chi connectivity index (χ4v) is 0.923. The Balaban J connectivity index is 2.98. The summed E-state index contributed by atoms with van der Waals surface area (Å²) in [6.07, 6.45) is -2.54. The first-order valence-electron chi connectivity index (χ1n) is 3.67. The molecule has 3 heteroatoms. The van der Waals surface area contributed by atoms with Crippen molar-refractivity contribution in [1.82, 2.24) is 0 Å². The molecule has 12 heavy (non-hydrogen) atoms. The van der Waals surface area contributed by atoms with Crippen molar-refractivity contribution < 1.29 is 8.78 Å². The van der Waals surface area contributed by atoms with Gasteiger partial charge in [0.05, 0.1) is 5.54 Å². The van der Waals surface area contributed by atoms with Crippen LogP contribution in [0.3, 0.4) is 0 Å². The zero-order chi connectivity index (χ0) is 9.19. The topological polar surface area (TPSA) is 26.0 Å². The van der Waals surface area contributed by atoms with E-state index < -0.39 is 12.0 Å². The van der Waals surface area contributed by atoms with E-state index in [1.807, 2.05) is 0 Å². The predicted octanol–water partition coefficient (Wildman–Crippen LogP) is 2.13. The number of hydrogen-bond acceptors (Lipinski definition) is 1. The number of hydrogen-bond donors (Lipinski definition) is 1. The van der Waals surface area contributed by atoms with Crippen LogP contribution >= 0.6 is 0 Å². The molecule has 1 atom stereocenters. The van der Waals surface area contributed by atoms with Crippen LogP contribution in [0.5, 0.6) is 0 Å². The van der Waals surface area contributed by atoms with Crippen LogP contribution < -0.4 is 5.73 Å². The van der Waals surface area contributed by atoms with Crippen LogP contribution in [0.25, 0.3) is 0 Å². The number of halogens is 2. The van der Waals surface area contributed by atoms with Crippen LogP contribution in [0.4, 0.5) is 8.78 Å². The van der Waals surface area contributed by atoms with Gasteiger partial charge in [0.1, 0.15) is 0 Å². The van der Waals surface area contributed by atoms with Gasteiger partial charge in [-0.3, -0.25) is 0 Å². The zero-order valence-corrected chi connectivity index (χ0v) is 6.80. The second kappa shape index (κ2) is 3.19. The molecule has 1 aromatic carbocycles. The lowest BCUT2D eigenvalue weighted by molar-refractivity contribution is 0.0625. The van der Waals surface area contributed by atoms with Gasteiger partial charge in [-0.05, 0) is 12.5 Å². The van der Waals surface area contributed by atoms with Crippen molar-refractivity contribution in [3.8, 4) is 0 Å². The Labute approximate surface area is 70.2 Å². The lowest BCUT2D eigenvalue weighted by Gasteiger charge is -2.23. The minimum Gasteiger partial charge on any atom is -0.317 e. The van der Waals surface area contributed by atoms with Gasteiger partial charge in [0.2, 0.25) is 0 Å². The molecule has 0 spiro atoms. The maximum atomic E-state index is 12.4. The van der Waals surface area contributed by atoms with E-state index in [2.05, 4.69) is 0 Å². The predicted molar refractivity (Wildman–Crippen MR) is 44.0 cm³/mol. The fraction of sp³-hybridized carbons (Fsp3) is 0.333. The summed E-state index contributed by atoms with van der Waals surface area (Å²) < 4.78 is 24.7. The third-order valence-corrected chi connectivity index (χ3v) is 1.85. The van der Waals surface area contributed by atoms with Gasteiger partial charge in [-0.1, -0.05) is 30.3 Å². The number of alkyl halides is 2. The van der Waals surface area contributed by atoms with Crippen LogP contribution in [0.2, 0.25) is 0 Å². The molecular formula is C9H11F2N. The molecule has 0 heterocycles. The molecule has 0 radical (unpaired) electrons. The lowest BCUT2D eigenvalue weighted by atomic mass is 9.94. The van der Waals surface area contributed by atoms with Crippen molar-refractivity contribution in [2.75, 3.05) is 0 Å². The fourth-order valence-electron chi connectivity index (χ4n) is 0.923. The summed E-state index contributed by atoms with van der Waals surface area (Å²) in [7, 11) is 0. The van der Waals surface area contributed by atoms with Gasteiger partial charge in [-0.2, -0.15) is 0 Å². The Bertz CT molecular complexity index is 244. The maximum absolute atomic E-state index is 12.4. The first-order valence-corrected chi connectivity index (χ1v) is 3.67. The number of benzene rings is 1. The molecule has 2 N–H and O–H groups in total. The van der Waals surface area contributed by atoms with Crippen LogP contribution in [-0.2, 0) is 5.54 Å². The zero-order valence-electron chi connectivity index (χ0n) is 6.80. The van der Waals surface area contributed by atoms with Gasteiger partial charge >= 0.3 is 0 Å². The summed E-state index contributed by atoms with van der Waals surface area (Å²) >= 11 is 0. The van der Waals surface area contributed by atoms with Gasteiger partial charge in [0.15, 0.2) is 0 Å². The molecule has 1 rings (SSSR count). The summed E-state index contributed by atoms with van der Waals surface area (Å²) in [5.74, 6) is 0. The summed E-state index contributed by atoms with van der Waals surface area (Å²) in [5, 5.41) is 0. The average Bonchev–Trinajstić information content (AvgIpc) is 2.06. The average molecular weight is 171 g/mol. The highest BCUT2D eigenvalue weighted by molar-refractivity contribution is 5.23. The van der Waals surface area contributed by atoms with Crippen LogP contribution in [0.15, 0.2) is 30.3 Å². The third kappa shape index (κ3) is 1.61. The molecule has 0 aromatic heterocycles. The molecule has 1 nitrogen and oxygen atoms in total. The van der Waals surface area contributed by atoms with Crippen LogP contribution in [-0.4, -0.2) is 6.43 Å². The molecule has 0 fully saturated rings. The third-order valence-electron chi connectivity index (χ3n) is 1.85. The molecule has 0 aliphatic rings. The molecule has 66 valence electrons. The quantitative estimate of drug-likeness (QED) is 0.724. The van der Waals surface area contributed by atoms with Crippen molar-refractivity contribution in [2.24, 2.45) is 5.73 Å². The molecule has 0 saturated heterocycles. The van der Waals surface area contributed by atoms with Gasteiger partial charge in [0.25, 0.3) is 6.43 Å². The Hall–Kier alpha value is -0.960. The van der Waals surface area contributed by atoms with E-state index in [0.29, 0.717) is 5.56 Å². The van der Waals surface area contributed by atoms with Crippen molar-refractivity contribution in [3.63, 3.8) is 0 Å². The van der Waals surface area contributed by atoms with Crippen molar-refractivity contribution in [1.29, 1.82) is 0 Å². The molecule has 0 aliphatic heterocycles. The van der Waals surface area contributed by atoms with Crippen LogP contribution in [0.1, 0.15) is 12.5 Å². The van der Waals surface area contributed by atoms with E-state index in [9.17, 15) is 8.78 Å². The summed E-state index contributed by atoms with van der Waals surface area (Å²) in [4.78, 5) is 0. The Kier molecular flexibility index (Phi) is 2.43. The minimum atomic E-state index is -2.54. The minimum absolute atomic E-state index is 0.458. The van der Waals surface area contributed by atoms with E-state index in [-0.39, 0.29) is 0 Å². The van der Waals surface area contributed by atoms with E-state index >= 15 is 0 Å². The highest BCUT2D eigenvalue weighted by atomic mass is 19.3. The van der Waals surface area contributed by atoms with Crippen molar-refractivity contribution in [2.45, 2.75) is 18.9 Å². The van der Waals surface area contributed by atoms with Crippen molar-refractivity contribution >= 4 is 0 Å². The van der Waals surface area contributed by atoms with E-state index in [4.69, 9.17) is 5.73 Å². The largest absolute Gasteiger partial charge is 0.317 e. The first-order chi connectivity index (χ1) is 5.55. The molecule has 0 aliphatic carbocycles. The SMILES string of the molecule is CC(N)(c1ccccc1)C(F)F.